The molecule has 1 rings (SSSR count). The number of nitrogens with one attached hydrogen (secondary N) is 1. The van der Waals surface area contributed by atoms with Crippen LogP contribution in [-0.2, 0) is 10.0 Å². The van der Waals surface area contributed by atoms with E-state index in [1.807, 2.05) is 20.8 Å². The van der Waals surface area contributed by atoms with E-state index in [0.29, 0.717) is 10.6 Å². The zero-order valence-corrected chi connectivity index (χ0v) is 13.1. The SMILES string of the molecule is Cc1c(Cl)cccc1S(=O)(=O)NCC(O)C(C)(C)C. The molecule has 0 amide bonds. The number of hydrogen-bond acceptors (Lipinski definition) is 3. The van der Waals surface area contributed by atoms with E-state index in [0.717, 1.165) is 0 Å². The van der Waals surface area contributed by atoms with Crippen molar-refractivity contribution in [3.8, 4) is 0 Å². The van der Waals surface area contributed by atoms with Gasteiger partial charge in [-0.1, -0.05) is 38.4 Å². The lowest BCUT2D eigenvalue weighted by Gasteiger charge is -2.26. The van der Waals surface area contributed by atoms with E-state index in [4.69, 9.17) is 11.6 Å². The molecule has 1 aromatic carbocycles. The first-order valence-corrected chi connectivity index (χ1v) is 7.84. The molecule has 1 atom stereocenters. The highest BCUT2D eigenvalue weighted by Gasteiger charge is 2.25. The molecule has 1 aromatic rings. The molecule has 0 aliphatic heterocycles. The van der Waals surface area contributed by atoms with Crippen molar-refractivity contribution in [1.29, 1.82) is 0 Å². The Balaban J connectivity index is 2.91. The van der Waals surface area contributed by atoms with Crippen molar-refractivity contribution in [2.45, 2.75) is 38.7 Å². The van der Waals surface area contributed by atoms with Gasteiger partial charge in [0.1, 0.15) is 0 Å². The predicted octanol–water partition coefficient (Wildman–Crippen LogP) is 2.33. The fourth-order valence-electron chi connectivity index (χ4n) is 1.45. The summed E-state index contributed by atoms with van der Waals surface area (Å²) in [7, 11) is -3.66. The minimum absolute atomic E-state index is 0.0300. The summed E-state index contributed by atoms with van der Waals surface area (Å²) in [5, 5.41) is 10.3. The van der Waals surface area contributed by atoms with Gasteiger partial charge >= 0.3 is 0 Å². The molecule has 0 bridgehead atoms. The van der Waals surface area contributed by atoms with Crippen LogP contribution in [0.5, 0.6) is 0 Å². The fourth-order valence-corrected chi connectivity index (χ4v) is 2.99. The van der Waals surface area contributed by atoms with Crippen LogP contribution < -0.4 is 4.72 Å². The van der Waals surface area contributed by atoms with Gasteiger partial charge in [0.15, 0.2) is 0 Å². The van der Waals surface area contributed by atoms with Gasteiger partial charge in [0.2, 0.25) is 10.0 Å². The van der Waals surface area contributed by atoms with Crippen molar-refractivity contribution in [1.82, 2.24) is 4.72 Å². The smallest absolute Gasteiger partial charge is 0.240 e. The molecule has 0 saturated carbocycles. The Morgan fingerprint density at radius 1 is 1.37 bits per heavy atom. The molecule has 0 radical (unpaired) electrons. The Morgan fingerprint density at radius 3 is 2.47 bits per heavy atom. The maximum absolute atomic E-state index is 12.2. The maximum atomic E-state index is 12.2. The molecule has 0 aliphatic rings. The Labute approximate surface area is 119 Å². The van der Waals surface area contributed by atoms with Crippen LogP contribution >= 0.6 is 11.6 Å². The van der Waals surface area contributed by atoms with Crippen molar-refractivity contribution < 1.29 is 13.5 Å². The number of halogens is 1. The molecular formula is C13H20ClNO3S. The van der Waals surface area contributed by atoms with Gasteiger partial charge in [-0.05, 0) is 30.0 Å². The van der Waals surface area contributed by atoms with Gasteiger partial charge in [0.05, 0.1) is 11.0 Å². The van der Waals surface area contributed by atoms with E-state index in [1.54, 1.807) is 19.1 Å². The molecule has 0 aromatic heterocycles. The van der Waals surface area contributed by atoms with Gasteiger partial charge in [0.25, 0.3) is 0 Å². The Hall–Kier alpha value is -0.620. The van der Waals surface area contributed by atoms with E-state index in [9.17, 15) is 13.5 Å². The summed E-state index contributed by atoms with van der Waals surface area (Å²) < 4.78 is 26.7. The van der Waals surface area contributed by atoms with Gasteiger partial charge in [-0.15, -0.1) is 0 Å². The van der Waals surface area contributed by atoms with Crippen molar-refractivity contribution in [3.63, 3.8) is 0 Å². The van der Waals surface area contributed by atoms with Gasteiger partial charge < -0.3 is 5.11 Å². The van der Waals surface area contributed by atoms with E-state index in [1.165, 1.54) is 6.07 Å². The second-order valence-corrected chi connectivity index (χ2v) is 7.74. The molecule has 1 unspecified atom stereocenters. The van der Waals surface area contributed by atoms with Crippen LogP contribution in [0.15, 0.2) is 23.1 Å². The van der Waals surface area contributed by atoms with Crippen LogP contribution in [0.4, 0.5) is 0 Å². The highest BCUT2D eigenvalue weighted by atomic mass is 35.5. The van der Waals surface area contributed by atoms with Crippen LogP contribution in [0.3, 0.4) is 0 Å². The Kier molecular flexibility index (Phi) is 5.01. The first-order valence-electron chi connectivity index (χ1n) is 5.98. The highest BCUT2D eigenvalue weighted by molar-refractivity contribution is 7.89. The molecule has 108 valence electrons. The summed E-state index contributed by atoms with van der Waals surface area (Å²) >= 11 is 5.91. The zero-order chi connectivity index (χ0) is 14.8. The summed E-state index contributed by atoms with van der Waals surface area (Å²) in [6, 6.07) is 4.72. The molecule has 0 heterocycles. The van der Waals surface area contributed by atoms with Crippen LogP contribution in [0, 0.1) is 12.3 Å². The van der Waals surface area contributed by atoms with E-state index in [-0.39, 0.29) is 16.9 Å². The lowest BCUT2D eigenvalue weighted by molar-refractivity contribution is 0.0677. The summed E-state index contributed by atoms with van der Waals surface area (Å²) in [6.45, 7) is 7.15. The monoisotopic (exact) mass is 305 g/mol. The summed E-state index contributed by atoms with van der Waals surface area (Å²) in [6.07, 6.45) is -0.762. The summed E-state index contributed by atoms with van der Waals surface area (Å²) in [4.78, 5) is 0.140. The number of aliphatic hydroxyl groups excluding tert-OH is 1. The average Bonchev–Trinajstić information content (AvgIpc) is 2.28. The highest BCUT2D eigenvalue weighted by Crippen LogP contribution is 2.23. The largest absolute Gasteiger partial charge is 0.391 e. The molecule has 4 nitrogen and oxygen atoms in total. The molecule has 6 heteroatoms. The third kappa shape index (κ3) is 4.18. The number of rotatable bonds is 4. The van der Waals surface area contributed by atoms with Crippen LogP contribution in [0.1, 0.15) is 26.3 Å². The van der Waals surface area contributed by atoms with Gasteiger partial charge in [-0.25, -0.2) is 13.1 Å². The standard InChI is InChI=1S/C13H20ClNO3S/c1-9-10(14)6-5-7-11(9)19(17,18)15-8-12(16)13(2,3)4/h5-7,12,15-16H,8H2,1-4H3. The molecular weight excluding hydrogens is 286 g/mol. The van der Waals surface area contributed by atoms with Crippen LogP contribution in [0.2, 0.25) is 5.02 Å². The number of aliphatic hydroxyl groups is 1. The van der Waals surface area contributed by atoms with Crippen LogP contribution in [-0.4, -0.2) is 26.2 Å². The topological polar surface area (TPSA) is 66.4 Å². The lowest BCUT2D eigenvalue weighted by atomic mass is 9.89. The molecule has 0 spiro atoms. The second kappa shape index (κ2) is 5.79. The Morgan fingerprint density at radius 2 is 1.95 bits per heavy atom. The van der Waals surface area contributed by atoms with Gasteiger partial charge in [-0.3, -0.25) is 0 Å². The van der Waals surface area contributed by atoms with Crippen molar-refractivity contribution in [2.24, 2.45) is 5.41 Å². The summed E-state index contributed by atoms with van der Waals surface area (Å²) in [5.41, 5.74) is 0.119. The van der Waals surface area contributed by atoms with E-state index >= 15 is 0 Å². The van der Waals surface area contributed by atoms with E-state index in [2.05, 4.69) is 4.72 Å². The van der Waals surface area contributed by atoms with Crippen molar-refractivity contribution >= 4 is 21.6 Å². The van der Waals surface area contributed by atoms with E-state index < -0.39 is 16.1 Å². The molecule has 0 fully saturated rings. The molecule has 19 heavy (non-hydrogen) atoms. The van der Waals surface area contributed by atoms with Crippen molar-refractivity contribution in [3.05, 3.63) is 28.8 Å². The zero-order valence-electron chi connectivity index (χ0n) is 11.6. The lowest BCUT2D eigenvalue weighted by Crippen LogP contribution is -2.39. The first-order chi connectivity index (χ1) is 8.55. The number of sulfonamides is 1. The number of hydrogen-bond donors (Lipinski definition) is 2. The Bertz CT molecular complexity index is 549. The van der Waals surface area contributed by atoms with Crippen LogP contribution in [0.25, 0.3) is 0 Å². The first kappa shape index (κ1) is 16.4. The van der Waals surface area contributed by atoms with Gasteiger partial charge in [0, 0.05) is 11.6 Å². The molecule has 2 N–H and O–H groups in total. The minimum atomic E-state index is -3.66. The predicted molar refractivity (Wildman–Crippen MR) is 76.8 cm³/mol. The molecule has 0 saturated heterocycles. The van der Waals surface area contributed by atoms with Gasteiger partial charge in [-0.2, -0.15) is 0 Å². The third-order valence-electron chi connectivity index (χ3n) is 2.97. The quantitative estimate of drug-likeness (QED) is 0.897. The van der Waals surface area contributed by atoms with Crippen molar-refractivity contribution in [2.75, 3.05) is 6.54 Å². The molecule has 0 aliphatic carbocycles. The minimum Gasteiger partial charge on any atom is -0.391 e. The normalized spacial score (nSPS) is 14.4. The summed E-state index contributed by atoms with van der Waals surface area (Å²) in [5.74, 6) is 0. The maximum Gasteiger partial charge on any atom is 0.240 e. The fraction of sp³-hybridized carbons (Fsp3) is 0.538. The average molecular weight is 306 g/mol. The number of benzene rings is 1. The second-order valence-electron chi connectivity index (χ2n) is 5.60. The third-order valence-corrected chi connectivity index (χ3v) is 4.95.